The third-order valence-corrected chi connectivity index (χ3v) is 6.01. The zero-order chi connectivity index (χ0) is 19.6. The number of anilines is 2. The third-order valence-electron chi connectivity index (χ3n) is 4.35. The van der Waals surface area contributed by atoms with Crippen LogP contribution >= 0.6 is 11.6 Å². The summed E-state index contributed by atoms with van der Waals surface area (Å²) in [6.45, 7) is 0.438. The van der Waals surface area contributed by atoms with Crippen molar-refractivity contribution in [1.29, 1.82) is 0 Å². The molecule has 27 heavy (non-hydrogen) atoms. The van der Waals surface area contributed by atoms with E-state index in [1.807, 2.05) is 19.0 Å². The summed E-state index contributed by atoms with van der Waals surface area (Å²) in [6.07, 6.45) is 2.11. The molecule has 2 aromatic carbocycles. The van der Waals surface area contributed by atoms with Crippen molar-refractivity contribution >= 4 is 38.9 Å². The second-order valence-corrected chi connectivity index (χ2v) is 9.04. The molecule has 2 N–H and O–H groups in total. The van der Waals surface area contributed by atoms with Crippen LogP contribution in [0.4, 0.5) is 11.4 Å². The number of nitrogens with one attached hydrogen (secondary N) is 2. The maximum Gasteiger partial charge on any atom is 0.255 e. The monoisotopic (exact) mass is 407 g/mol. The molecule has 0 spiro atoms. The number of halogens is 1. The quantitative estimate of drug-likeness (QED) is 0.737. The largest absolute Gasteiger partial charge is 0.376 e. The Morgan fingerprint density at radius 1 is 1.19 bits per heavy atom. The van der Waals surface area contributed by atoms with Crippen molar-refractivity contribution in [3.8, 4) is 0 Å². The van der Waals surface area contributed by atoms with Crippen LogP contribution in [0.5, 0.6) is 0 Å². The standard InChI is InChI=1S/C19H22ClN3O3S/c1-23(2)18-9-8-15(20)11-17(18)22-19(24)14-4-3-5-16(10-14)27(25,26)21-12-13-6-7-13/h3-5,8-11,13,21H,6-7,12H2,1-2H3,(H,22,24). The Labute approximate surface area is 164 Å². The summed E-state index contributed by atoms with van der Waals surface area (Å²) >= 11 is 6.04. The molecule has 0 aromatic heterocycles. The van der Waals surface area contributed by atoms with Gasteiger partial charge in [0, 0.05) is 31.2 Å². The Hall–Kier alpha value is -2.09. The van der Waals surface area contributed by atoms with E-state index in [0.717, 1.165) is 18.5 Å². The van der Waals surface area contributed by atoms with E-state index < -0.39 is 15.9 Å². The Balaban J connectivity index is 1.81. The molecular weight excluding hydrogens is 386 g/mol. The van der Waals surface area contributed by atoms with Crippen LogP contribution in [-0.4, -0.2) is 35.0 Å². The number of hydrogen-bond acceptors (Lipinski definition) is 4. The Bertz CT molecular complexity index is 956. The van der Waals surface area contributed by atoms with Gasteiger partial charge in [-0.3, -0.25) is 4.79 Å². The average molecular weight is 408 g/mol. The minimum atomic E-state index is -3.63. The van der Waals surface area contributed by atoms with Crippen LogP contribution in [0.25, 0.3) is 0 Å². The Morgan fingerprint density at radius 2 is 1.93 bits per heavy atom. The van der Waals surface area contributed by atoms with Gasteiger partial charge in [-0.1, -0.05) is 17.7 Å². The Kier molecular flexibility index (Phi) is 5.74. The normalized spacial score (nSPS) is 14.0. The molecule has 6 nitrogen and oxygen atoms in total. The lowest BCUT2D eigenvalue weighted by molar-refractivity contribution is 0.102. The van der Waals surface area contributed by atoms with E-state index >= 15 is 0 Å². The number of carbonyl (C=O) groups is 1. The van der Waals surface area contributed by atoms with Crippen LogP contribution in [-0.2, 0) is 10.0 Å². The van der Waals surface area contributed by atoms with Crippen molar-refractivity contribution in [3.63, 3.8) is 0 Å². The molecule has 0 heterocycles. The lowest BCUT2D eigenvalue weighted by Crippen LogP contribution is -2.26. The van der Waals surface area contributed by atoms with E-state index in [1.54, 1.807) is 30.3 Å². The highest BCUT2D eigenvalue weighted by Crippen LogP contribution is 2.29. The number of rotatable bonds is 7. The van der Waals surface area contributed by atoms with Crippen molar-refractivity contribution in [2.75, 3.05) is 30.9 Å². The summed E-state index contributed by atoms with van der Waals surface area (Å²) in [5.74, 6) is 0.0261. The molecule has 0 bridgehead atoms. The molecule has 0 atom stereocenters. The topological polar surface area (TPSA) is 78.5 Å². The molecule has 0 radical (unpaired) electrons. The molecule has 1 saturated carbocycles. The molecule has 0 unspecified atom stereocenters. The van der Waals surface area contributed by atoms with Gasteiger partial charge in [0.2, 0.25) is 10.0 Å². The van der Waals surface area contributed by atoms with Gasteiger partial charge in [-0.25, -0.2) is 13.1 Å². The van der Waals surface area contributed by atoms with Crippen molar-refractivity contribution in [3.05, 3.63) is 53.1 Å². The lowest BCUT2D eigenvalue weighted by atomic mass is 10.2. The molecule has 2 aromatic rings. The molecule has 3 rings (SSSR count). The van der Waals surface area contributed by atoms with Gasteiger partial charge in [-0.15, -0.1) is 0 Å². The van der Waals surface area contributed by atoms with E-state index in [1.165, 1.54) is 12.1 Å². The van der Waals surface area contributed by atoms with Gasteiger partial charge in [-0.05, 0) is 55.2 Å². The number of hydrogen-bond donors (Lipinski definition) is 2. The zero-order valence-corrected chi connectivity index (χ0v) is 16.8. The molecule has 1 aliphatic rings. The van der Waals surface area contributed by atoms with E-state index in [4.69, 9.17) is 11.6 Å². The van der Waals surface area contributed by atoms with Crippen LogP contribution in [0.1, 0.15) is 23.2 Å². The molecule has 0 aliphatic heterocycles. The summed E-state index contributed by atoms with van der Waals surface area (Å²) in [7, 11) is 0.0856. The highest BCUT2D eigenvalue weighted by Gasteiger charge is 2.24. The fourth-order valence-electron chi connectivity index (χ4n) is 2.63. The van der Waals surface area contributed by atoms with E-state index in [2.05, 4.69) is 10.0 Å². The minimum absolute atomic E-state index is 0.0785. The van der Waals surface area contributed by atoms with Crippen LogP contribution in [0.15, 0.2) is 47.4 Å². The van der Waals surface area contributed by atoms with Gasteiger partial charge in [0.15, 0.2) is 0 Å². The number of amides is 1. The van der Waals surface area contributed by atoms with E-state index in [-0.39, 0.29) is 10.5 Å². The first-order valence-corrected chi connectivity index (χ1v) is 10.5. The fraction of sp³-hybridized carbons (Fsp3) is 0.316. The molecule has 144 valence electrons. The number of carbonyl (C=O) groups excluding carboxylic acids is 1. The lowest BCUT2D eigenvalue weighted by Gasteiger charge is -2.18. The summed E-state index contributed by atoms with van der Waals surface area (Å²) in [4.78, 5) is 14.6. The smallest absolute Gasteiger partial charge is 0.255 e. The number of nitrogens with zero attached hydrogens (tertiary/aromatic N) is 1. The maximum absolute atomic E-state index is 12.7. The molecule has 1 fully saturated rings. The second kappa shape index (κ2) is 7.88. The van der Waals surface area contributed by atoms with Crippen LogP contribution in [0, 0.1) is 5.92 Å². The molecule has 8 heteroatoms. The first-order valence-electron chi connectivity index (χ1n) is 8.64. The fourth-order valence-corrected chi connectivity index (χ4v) is 3.96. The first-order chi connectivity index (χ1) is 12.8. The van der Waals surface area contributed by atoms with Gasteiger partial charge in [-0.2, -0.15) is 0 Å². The minimum Gasteiger partial charge on any atom is -0.376 e. The van der Waals surface area contributed by atoms with Crippen LogP contribution < -0.4 is 14.9 Å². The SMILES string of the molecule is CN(C)c1ccc(Cl)cc1NC(=O)c1cccc(S(=O)(=O)NCC2CC2)c1. The van der Waals surface area contributed by atoms with Crippen molar-refractivity contribution in [2.24, 2.45) is 5.92 Å². The van der Waals surface area contributed by atoms with Gasteiger partial charge in [0.25, 0.3) is 5.91 Å². The predicted molar refractivity (Wildman–Crippen MR) is 108 cm³/mol. The average Bonchev–Trinajstić information content (AvgIpc) is 3.44. The van der Waals surface area contributed by atoms with Gasteiger partial charge in [0.05, 0.1) is 16.3 Å². The molecule has 0 saturated heterocycles. The maximum atomic E-state index is 12.7. The predicted octanol–water partition coefficient (Wildman–Crippen LogP) is 3.35. The van der Waals surface area contributed by atoms with Gasteiger partial charge in [0.1, 0.15) is 0 Å². The van der Waals surface area contributed by atoms with Crippen LogP contribution in [0.3, 0.4) is 0 Å². The second-order valence-electron chi connectivity index (χ2n) is 6.83. The summed E-state index contributed by atoms with van der Waals surface area (Å²) in [5.41, 5.74) is 1.61. The highest BCUT2D eigenvalue weighted by molar-refractivity contribution is 7.89. The zero-order valence-electron chi connectivity index (χ0n) is 15.2. The number of sulfonamides is 1. The summed E-state index contributed by atoms with van der Waals surface area (Å²) < 4.78 is 27.4. The summed E-state index contributed by atoms with van der Waals surface area (Å²) in [6, 6.07) is 11.2. The van der Waals surface area contributed by atoms with E-state index in [9.17, 15) is 13.2 Å². The molecule has 1 amide bonds. The van der Waals surface area contributed by atoms with Crippen LogP contribution in [0.2, 0.25) is 5.02 Å². The van der Waals surface area contributed by atoms with Crippen molar-refractivity contribution in [2.45, 2.75) is 17.7 Å². The summed E-state index contributed by atoms with van der Waals surface area (Å²) in [5, 5.41) is 3.30. The number of benzene rings is 2. The molecule has 1 aliphatic carbocycles. The first kappa shape index (κ1) is 19.7. The molecular formula is C19H22ClN3O3S. The Morgan fingerprint density at radius 3 is 2.59 bits per heavy atom. The van der Waals surface area contributed by atoms with Gasteiger partial charge >= 0.3 is 0 Å². The van der Waals surface area contributed by atoms with Crippen molar-refractivity contribution < 1.29 is 13.2 Å². The van der Waals surface area contributed by atoms with Crippen molar-refractivity contribution in [1.82, 2.24) is 4.72 Å². The third kappa shape index (κ3) is 5.00. The highest BCUT2D eigenvalue weighted by atomic mass is 35.5. The van der Waals surface area contributed by atoms with E-state index in [0.29, 0.717) is 23.2 Å². The van der Waals surface area contributed by atoms with Gasteiger partial charge < -0.3 is 10.2 Å².